The Morgan fingerprint density at radius 3 is 1.77 bits per heavy atom. The van der Waals surface area contributed by atoms with E-state index in [0.29, 0.717) is 19.3 Å². The summed E-state index contributed by atoms with van der Waals surface area (Å²) >= 11 is 0. The average molecular weight is 361 g/mol. The van der Waals surface area contributed by atoms with E-state index in [-0.39, 0.29) is 57.5 Å². The van der Waals surface area contributed by atoms with Crippen molar-refractivity contribution in [2.75, 3.05) is 0 Å². The first-order valence-electron chi connectivity index (χ1n) is 8.50. The Labute approximate surface area is 180 Å². The van der Waals surface area contributed by atoms with Gasteiger partial charge in [-0.1, -0.05) is 64.7 Å². The van der Waals surface area contributed by atoms with Gasteiger partial charge in [0, 0.05) is 5.25 Å². The second-order valence-corrected chi connectivity index (χ2v) is 7.94. The number of hydrogen-bond donors (Lipinski definition) is 1. The smallest absolute Gasteiger partial charge is 0.748 e. The average Bonchev–Trinajstić information content (AvgIpc) is 2.41. The summed E-state index contributed by atoms with van der Waals surface area (Å²) in [6.07, 6.45) is 11.9. The molecule has 0 aromatic carbocycles. The Morgan fingerprint density at radius 2 is 1.27 bits per heavy atom. The third-order valence-corrected chi connectivity index (χ3v) is 5.25. The van der Waals surface area contributed by atoms with Crippen LogP contribution in [0.15, 0.2) is 0 Å². The molecule has 0 aromatic heterocycles. The van der Waals surface area contributed by atoms with Gasteiger partial charge in [-0.2, -0.15) is 0 Å². The molecule has 2 atom stereocenters. The fourth-order valence-electron chi connectivity index (χ4n) is 2.44. The molecule has 0 aliphatic heterocycles. The van der Waals surface area contributed by atoms with Crippen molar-refractivity contribution in [1.82, 2.24) is 0 Å². The number of hydrogen-bond acceptors (Lipinski definition) is 4. The van der Waals surface area contributed by atoms with Gasteiger partial charge in [-0.15, -0.1) is 0 Å². The van der Waals surface area contributed by atoms with Crippen molar-refractivity contribution in [2.24, 2.45) is 0 Å². The first-order chi connectivity index (χ1) is 9.88. The number of rotatable bonds is 14. The quantitative estimate of drug-likeness (QED) is 0.285. The van der Waals surface area contributed by atoms with E-state index < -0.39 is 15.4 Å². The van der Waals surface area contributed by atoms with E-state index in [0.717, 1.165) is 19.3 Å². The zero-order valence-corrected chi connectivity index (χ0v) is 18.7. The van der Waals surface area contributed by atoms with Crippen molar-refractivity contribution < 1.29 is 69.5 Å². The van der Waals surface area contributed by atoms with Crippen molar-refractivity contribution in [2.45, 2.75) is 102 Å². The second kappa shape index (κ2) is 16.0. The molecule has 0 aliphatic carbocycles. The monoisotopic (exact) mass is 360 g/mol. The third kappa shape index (κ3) is 16.4. The Hall–Kier alpha value is 1.51. The Bertz CT molecular complexity index is 333. The first kappa shape index (κ1) is 25.7. The van der Waals surface area contributed by atoms with Crippen LogP contribution in [0.1, 0.15) is 90.9 Å². The van der Waals surface area contributed by atoms with Gasteiger partial charge in [0.2, 0.25) is 0 Å². The first-order valence-corrected chi connectivity index (χ1v) is 9.97. The fraction of sp³-hybridized carbons (Fsp3) is 1.00. The summed E-state index contributed by atoms with van der Waals surface area (Å²) in [5.41, 5.74) is 0. The van der Waals surface area contributed by atoms with Crippen LogP contribution < -0.4 is 51.4 Å². The van der Waals surface area contributed by atoms with Crippen LogP contribution in [0.3, 0.4) is 0 Å². The standard InChI is InChI=1S/C16H34O4S.K/c1-3-4-5-6-7-8-9-13-16(17)14-11-10-12-15(2)21(18,19)20;/h15-17H,3-14H2,1-2H3,(H,18,19,20);/q;+1/p-1. The van der Waals surface area contributed by atoms with Crippen LogP contribution in [0.25, 0.3) is 0 Å². The second-order valence-electron chi connectivity index (χ2n) is 6.15. The summed E-state index contributed by atoms with van der Waals surface area (Å²) in [6, 6.07) is 0. The van der Waals surface area contributed by atoms with Crippen LogP contribution in [0.5, 0.6) is 0 Å². The van der Waals surface area contributed by atoms with Gasteiger partial charge in [-0.25, -0.2) is 8.42 Å². The molecule has 0 spiro atoms. The molecule has 0 radical (unpaired) electrons. The van der Waals surface area contributed by atoms with Crippen molar-refractivity contribution in [3.05, 3.63) is 0 Å². The molecule has 4 nitrogen and oxygen atoms in total. The van der Waals surface area contributed by atoms with E-state index in [1.165, 1.54) is 45.4 Å². The summed E-state index contributed by atoms with van der Waals surface area (Å²) < 4.78 is 32.2. The molecule has 0 saturated heterocycles. The Morgan fingerprint density at radius 1 is 0.864 bits per heavy atom. The van der Waals surface area contributed by atoms with Gasteiger partial charge in [-0.05, 0) is 26.2 Å². The molecule has 0 bridgehead atoms. The molecular formula is C16H33KO4S. The van der Waals surface area contributed by atoms with Crippen LogP contribution in [0.2, 0.25) is 0 Å². The van der Waals surface area contributed by atoms with Gasteiger partial charge < -0.3 is 9.66 Å². The summed E-state index contributed by atoms with van der Waals surface area (Å²) in [5.74, 6) is 0. The minimum atomic E-state index is -4.14. The van der Waals surface area contributed by atoms with E-state index in [4.69, 9.17) is 0 Å². The summed E-state index contributed by atoms with van der Waals surface area (Å²) in [5, 5.41) is 9.03. The van der Waals surface area contributed by atoms with Crippen molar-refractivity contribution in [1.29, 1.82) is 0 Å². The van der Waals surface area contributed by atoms with E-state index in [1.807, 2.05) is 0 Å². The molecule has 128 valence electrons. The van der Waals surface area contributed by atoms with Gasteiger partial charge in [0.15, 0.2) is 0 Å². The predicted octanol–water partition coefficient (Wildman–Crippen LogP) is 0.986. The molecule has 6 heteroatoms. The van der Waals surface area contributed by atoms with E-state index in [1.54, 1.807) is 0 Å². The molecule has 0 saturated carbocycles. The number of aliphatic hydroxyl groups is 1. The van der Waals surface area contributed by atoms with Gasteiger partial charge in [0.25, 0.3) is 0 Å². The van der Waals surface area contributed by atoms with Crippen LogP contribution in [-0.4, -0.2) is 29.4 Å². The largest absolute Gasteiger partial charge is 1.00 e. The molecule has 0 heterocycles. The predicted molar refractivity (Wildman–Crippen MR) is 86.2 cm³/mol. The zero-order valence-electron chi connectivity index (χ0n) is 14.7. The van der Waals surface area contributed by atoms with Crippen LogP contribution in [0.4, 0.5) is 0 Å². The molecular weight excluding hydrogens is 327 g/mol. The number of aliphatic hydroxyl groups excluding tert-OH is 1. The summed E-state index contributed by atoms with van der Waals surface area (Å²) in [4.78, 5) is 0. The Kier molecular flexibility index (Phi) is 18.7. The van der Waals surface area contributed by atoms with E-state index in [2.05, 4.69) is 6.92 Å². The van der Waals surface area contributed by atoms with Crippen LogP contribution in [-0.2, 0) is 10.1 Å². The van der Waals surface area contributed by atoms with Gasteiger partial charge in [0.1, 0.15) is 0 Å². The van der Waals surface area contributed by atoms with Crippen LogP contribution >= 0.6 is 0 Å². The molecule has 0 fully saturated rings. The molecule has 0 amide bonds. The van der Waals surface area contributed by atoms with Gasteiger partial charge in [-0.3, -0.25) is 0 Å². The minimum absolute atomic E-state index is 0. The van der Waals surface area contributed by atoms with Crippen LogP contribution in [0, 0.1) is 0 Å². The van der Waals surface area contributed by atoms with E-state index in [9.17, 15) is 18.1 Å². The molecule has 0 aromatic rings. The van der Waals surface area contributed by atoms with Gasteiger partial charge in [0.05, 0.1) is 16.2 Å². The summed E-state index contributed by atoms with van der Waals surface area (Å²) in [7, 11) is -4.14. The molecule has 1 N–H and O–H groups in total. The minimum Gasteiger partial charge on any atom is -0.748 e. The number of unbranched alkanes of at least 4 members (excludes halogenated alkanes) is 7. The summed E-state index contributed by atoms with van der Waals surface area (Å²) in [6.45, 7) is 3.67. The SMILES string of the molecule is CCCCCCCCCC(O)CCCCC(C)S(=O)(=O)[O-].[K+]. The fourth-order valence-corrected chi connectivity index (χ4v) is 2.89. The zero-order chi connectivity index (χ0) is 16.1. The normalized spacial score (nSPS) is 14.4. The molecule has 2 unspecified atom stereocenters. The van der Waals surface area contributed by atoms with Crippen molar-refractivity contribution in [3.8, 4) is 0 Å². The maximum atomic E-state index is 10.7. The topological polar surface area (TPSA) is 77.4 Å². The maximum Gasteiger partial charge on any atom is 1.00 e. The Balaban J connectivity index is 0. The van der Waals surface area contributed by atoms with E-state index >= 15 is 0 Å². The van der Waals surface area contributed by atoms with Crippen molar-refractivity contribution >= 4 is 10.1 Å². The molecule has 0 aliphatic rings. The van der Waals surface area contributed by atoms with Crippen molar-refractivity contribution in [3.63, 3.8) is 0 Å². The molecule has 0 rings (SSSR count). The molecule has 22 heavy (non-hydrogen) atoms. The third-order valence-electron chi connectivity index (χ3n) is 4.03. The maximum absolute atomic E-state index is 10.7. The van der Waals surface area contributed by atoms with Gasteiger partial charge >= 0.3 is 51.4 Å².